The van der Waals surface area contributed by atoms with E-state index in [4.69, 9.17) is 14.7 Å². The zero-order valence-electron chi connectivity index (χ0n) is 28.9. The van der Waals surface area contributed by atoms with Crippen LogP contribution in [0.4, 0.5) is 0 Å². The van der Waals surface area contributed by atoms with Gasteiger partial charge in [-0.05, 0) is 34.0 Å². The molecular weight excluding hydrogens is 832 g/mol. The minimum Gasteiger partial charge on any atom is -0.503 e. The SMILES string of the molecule is CC1(C)c2cccnc2-n2c3[c-]c(Oc4[c-]c5c(cc4)c4ccccc4n4c(-c6ccccc6)c(-c6ccccc6)nc54)ccc3c3cccc1c32.[Pt+2]. The first-order chi connectivity index (χ1) is 25.6. The molecule has 53 heavy (non-hydrogen) atoms. The largest absolute Gasteiger partial charge is 2.00 e. The number of aromatic nitrogens is 4. The Morgan fingerprint density at radius 2 is 1.28 bits per heavy atom. The molecule has 10 aromatic rings. The third-order valence-corrected chi connectivity index (χ3v) is 10.8. The van der Waals surface area contributed by atoms with Crippen molar-refractivity contribution in [3.8, 4) is 39.8 Å². The normalized spacial score (nSPS) is 13.1. The summed E-state index contributed by atoms with van der Waals surface area (Å²) < 4.78 is 11.2. The smallest absolute Gasteiger partial charge is 0.503 e. The number of pyridine rings is 2. The zero-order chi connectivity index (χ0) is 34.6. The number of nitrogens with zero attached hydrogens (tertiary/aromatic N) is 4. The molecule has 0 radical (unpaired) electrons. The van der Waals surface area contributed by atoms with Crippen LogP contribution in [0.3, 0.4) is 0 Å². The van der Waals surface area contributed by atoms with E-state index in [0.717, 1.165) is 66.6 Å². The van der Waals surface area contributed by atoms with Gasteiger partial charge in [0, 0.05) is 45.3 Å². The van der Waals surface area contributed by atoms with E-state index in [0.29, 0.717) is 11.5 Å². The van der Waals surface area contributed by atoms with Gasteiger partial charge >= 0.3 is 21.1 Å². The van der Waals surface area contributed by atoms with Crippen molar-refractivity contribution in [3.63, 3.8) is 0 Å². The van der Waals surface area contributed by atoms with Gasteiger partial charge in [0.05, 0.1) is 17.0 Å². The summed E-state index contributed by atoms with van der Waals surface area (Å²) in [6.45, 7) is 4.56. The molecule has 254 valence electrons. The molecule has 0 amide bonds. The molecule has 5 nitrogen and oxygen atoms in total. The van der Waals surface area contributed by atoms with Crippen LogP contribution < -0.4 is 4.74 Å². The third-order valence-electron chi connectivity index (χ3n) is 10.8. The van der Waals surface area contributed by atoms with E-state index in [2.05, 4.69) is 150 Å². The van der Waals surface area contributed by atoms with Crippen LogP contribution in [0, 0.1) is 12.1 Å². The number of ether oxygens (including phenoxy) is 1. The quantitative estimate of drug-likeness (QED) is 0.131. The van der Waals surface area contributed by atoms with Crippen molar-refractivity contribution in [1.29, 1.82) is 0 Å². The van der Waals surface area contributed by atoms with Gasteiger partial charge in [-0.1, -0.05) is 139 Å². The molecule has 0 aliphatic carbocycles. The van der Waals surface area contributed by atoms with Crippen molar-refractivity contribution in [3.05, 3.63) is 169 Å². The fourth-order valence-electron chi connectivity index (χ4n) is 8.39. The molecule has 4 aromatic heterocycles. The summed E-state index contributed by atoms with van der Waals surface area (Å²) in [5.74, 6) is 2.15. The molecule has 0 saturated heterocycles. The van der Waals surface area contributed by atoms with E-state index in [9.17, 15) is 0 Å². The Bertz CT molecular complexity index is 3070. The van der Waals surface area contributed by atoms with E-state index in [1.54, 1.807) is 0 Å². The molecule has 5 heterocycles. The summed E-state index contributed by atoms with van der Waals surface area (Å²) >= 11 is 0. The molecule has 1 aliphatic rings. The summed E-state index contributed by atoms with van der Waals surface area (Å²) in [6.07, 6.45) is 1.87. The maximum atomic E-state index is 6.65. The number of benzene rings is 6. The predicted molar refractivity (Wildman–Crippen MR) is 210 cm³/mol. The van der Waals surface area contributed by atoms with Crippen molar-refractivity contribution in [2.24, 2.45) is 0 Å². The van der Waals surface area contributed by atoms with Crippen molar-refractivity contribution in [2.45, 2.75) is 19.3 Å². The standard InChI is InChI=1S/C47H30N4O.Pt/c1-47(2)38-19-11-18-36-35-25-23-32(28-41(35)51(44(36)38)46-39(47)20-12-26-48-46)52-31-22-24-33-34-17-9-10-21-40(34)50-43(30-15-7-4-8-16-30)42(29-13-5-3-6-14-29)49-45(50)37(33)27-31;/h3-26H,1-2H3;/q-2;+2. The minimum atomic E-state index is -0.185. The first kappa shape index (κ1) is 31.7. The van der Waals surface area contributed by atoms with Crippen LogP contribution in [0.15, 0.2) is 146 Å². The van der Waals surface area contributed by atoms with E-state index in [1.807, 2.05) is 30.5 Å². The Balaban J connectivity index is 0.00000349. The van der Waals surface area contributed by atoms with Crippen molar-refractivity contribution in [1.82, 2.24) is 18.9 Å². The third kappa shape index (κ3) is 4.54. The number of para-hydroxylation sites is 2. The van der Waals surface area contributed by atoms with Crippen LogP contribution in [-0.2, 0) is 26.5 Å². The molecule has 6 heteroatoms. The average molecular weight is 862 g/mol. The van der Waals surface area contributed by atoms with Gasteiger partial charge in [-0.3, -0.25) is 4.98 Å². The van der Waals surface area contributed by atoms with Crippen LogP contribution >= 0.6 is 0 Å². The Hall–Kier alpha value is -6.03. The van der Waals surface area contributed by atoms with E-state index < -0.39 is 0 Å². The predicted octanol–water partition coefficient (Wildman–Crippen LogP) is 11.5. The molecule has 0 N–H and O–H groups in total. The number of hydrogen-bond acceptors (Lipinski definition) is 3. The minimum absolute atomic E-state index is 0. The van der Waals surface area contributed by atoms with Crippen LogP contribution in [0.1, 0.15) is 25.0 Å². The molecule has 1 aliphatic heterocycles. The molecule has 0 atom stereocenters. The second kappa shape index (κ2) is 11.7. The van der Waals surface area contributed by atoms with Gasteiger partial charge in [0.1, 0.15) is 5.82 Å². The Morgan fingerprint density at radius 3 is 2.09 bits per heavy atom. The van der Waals surface area contributed by atoms with Gasteiger partial charge in [-0.15, -0.1) is 29.7 Å². The summed E-state index contributed by atoms with van der Waals surface area (Å²) in [5, 5.41) is 5.39. The van der Waals surface area contributed by atoms with Crippen LogP contribution in [0.5, 0.6) is 11.5 Å². The molecule has 0 spiro atoms. The fraction of sp³-hybridized carbons (Fsp3) is 0.0638. The van der Waals surface area contributed by atoms with E-state index in [-0.39, 0.29) is 26.5 Å². The first-order valence-corrected chi connectivity index (χ1v) is 17.6. The number of hydrogen-bond donors (Lipinski definition) is 0. The molecule has 6 aromatic carbocycles. The van der Waals surface area contributed by atoms with Gasteiger partial charge in [-0.2, -0.15) is 6.07 Å². The van der Waals surface area contributed by atoms with Crippen molar-refractivity contribution >= 4 is 49.1 Å². The zero-order valence-corrected chi connectivity index (χ0v) is 31.1. The molecule has 0 saturated carbocycles. The molecular formula is C47H30N4OPt. The molecule has 0 bridgehead atoms. The number of rotatable bonds is 4. The first-order valence-electron chi connectivity index (χ1n) is 17.6. The molecule has 0 fully saturated rings. The molecule has 0 unspecified atom stereocenters. The Labute approximate surface area is 320 Å². The van der Waals surface area contributed by atoms with Crippen molar-refractivity contribution in [2.75, 3.05) is 0 Å². The summed E-state index contributed by atoms with van der Waals surface area (Å²) in [5.41, 5.74) is 10.4. The van der Waals surface area contributed by atoms with E-state index >= 15 is 0 Å². The topological polar surface area (TPSA) is 44.4 Å². The van der Waals surface area contributed by atoms with Gasteiger partial charge in [0.25, 0.3) is 0 Å². The van der Waals surface area contributed by atoms with Gasteiger partial charge in [-0.25, -0.2) is 4.98 Å². The van der Waals surface area contributed by atoms with Crippen molar-refractivity contribution < 1.29 is 25.8 Å². The second-order valence-corrected chi connectivity index (χ2v) is 14.1. The van der Waals surface area contributed by atoms with Gasteiger partial charge in [0.2, 0.25) is 0 Å². The maximum absolute atomic E-state index is 6.65. The average Bonchev–Trinajstić information content (AvgIpc) is 3.75. The van der Waals surface area contributed by atoms with Gasteiger partial charge in [0.15, 0.2) is 0 Å². The Morgan fingerprint density at radius 1 is 0.604 bits per heavy atom. The molecule has 11 rings (SSSR count). The number of imidazole rings is 1. The van der Waals surface area contributed by atoms with Crippen LogP contribution in [0.2, 0.25) is 0 Å². The Kier molecular flexibility index (Phi) is 7.02. The second-order valence-electron chi connectivity index (χ2n) is 14.1. The van der Waals surface area contributed by atoms with Crippen LogP contribution in [0.25, 0.3) is 77.5 Å². The van der Waals surface area contributed by atoms with Gasteiger partial charge < -0.3 is 13.7 Å². The summed E-state index contributed by atoms with van der Waals surface area (Å²) in [7, 11) is 0. The summed E-state index contributed by atoms with van der Waals surface area (Å²) in [4.78, 5) is 10.3. The fourth-order valence-corrected chi connectivity index (χ4v) is 8.39. The monoisotopic (exact) mass is 861 g/mol. The summed E-state index contributed by atoms with van der Waals surface area (Å²) in [6, 6.07) is 55.8. The van der Waals surface area contributed by atoms with Crippen LogP contribution in [-0.4, -0.2) is 18.9 Å². The maximum Gasteiger partial charge on any atom is 2.00 e. The van der Waals surface area contributed by atoms with E-state index in [1.165, 1.54) is 22.0 Å². The number of fused-ring (bicyclic) bond motifs is 11.